The second-order valence-electron chi connectivity index (χ2n) is 7.30. The number of benzene rings is 2. The number of aromatic nitrogens is 1. The summed E-state index contributed by atoms with van der Waals surface area (Å²) < 4.78 is 13.7. The average Bonchev–Trinajstić information content (AvgIpc) is 3.42. The Bertz CT molecular complexity index is 1080. The van der Waals surface area contributed by atoms with Gasteiger partial charge in [-0.25, -0.2) is 14.2 Å². The molecule has 2 aromatic carbocycles. The molecule has 0 saturated heterocycles. The van der Waals surface area contributed by atoms with E-state index in [1.165, 1.54) is 17.4 Å². The van der Waals surface area contributed by atoms with Gasteiger partial charge in [-0.3, -0.25) is 10.1 Å². The molecular formula is C22H21FN4O2S. The van der Waals surface area contributed by atoms with Gasteiger partial charge in [0.1, 0.15) is 5.82 Å². The van der Waals surface area contributed by atoms with E-state index >= 15 is 0 Å². The van der Waals surface area contributed by atoms with E-state index in [9.17, 15) is 14.0 Å². The summed E-state index contributed by atoms with van der Waals surface area (Å²) in [5.74, 6) is -0.514. The molecule has 1 heterocycles. The minimum atomic E-state index is -0.286. The van der Waals surface area contributed by atoms with E-state index in [1.54, 1.807) is 43.5 Å². The van der Waals surface area contributed by atoms with Crippen LogP contribution in [-0.2, 0) is 6.42 Å². The third kappa shape index (κ3) is 5.21. The van der Waals surface area contributed by atoms with Crippen molar-refractivity contribution in [1.82, 2.24) is 10.3 Å². The molecule has 30 heavy (non-hydrogen) atoms. The minimum absolute atomic E-state index is 0.228. The zero-order valence-electron chi connectivity index (χ0n) is 16.4. The Morgan fingerprint density at radius 3 is 2.60 bits per heavy atom. The standard InChI is InChI=1S/C22H21FN4O2S/c1-13-2-3-14(11-19(13)23)10-18-12-24-22(30-18)27-20(28)15-4-6-16(7-5-15)25-21(29)26-17-8-9-17/h2-7,11-12,17H,8-10H2,1H3,(H,24,27,28)(H2,25,26,29). The monoisotopic (exact) mass is 424 g/mol. The molecule has 1 fully saturated rings. The highest BCUT2D eigenvalue weighted by atomic mass is 32.1. The van der Waals surface area contributed by atoms with Crippen molar-refractivity contribution in [2.75, 3.05) is 10.6 Å². The van der Waals surface area contributed by atoms with Gasteiger partial charge in [-0.2, -0.15) is 0 Å². The van der Waals surface area contributed by atoms with Crippen LogP contribution in [0.5, 0.6) is 0 Å². The lowest BCUT2D eigenvalue weighted by Crippen LogP contribution is -2.30. The molecular weight excluding hydrogens is 403 g/mol. The number of hydrogen-bond donors (Lipinski definition) is 3. The van der Waals surface area contributed by atoms with Gasteiger partial charge in [0, 0.05) is 34.8 Å². The van der Waals surface area contributed by atoms with Crippen LogP contribution >= 0.6 is 11.3 Å². The Labute approximate surface area is 177 Å². The van der Waals surface area contributed by atoms with E-state index in [1.807, 2.05) is 6.07 Å². The number of rotatable bonds is 6. The first kappa shape index (κ1) is 20.0. The number of halogens is 1. The molecule has 0 radical (unpaired) electrons. The second-order valence-corrected chi connectivity index (χ2v) is 8.41. The predicted molar refractivity (Wildman–Crippen MR) is 116 cm³/mol. The molecule has 3 aromatic rings. The molecule has 1 saturated carbocycles. The second kappa shape index (κ2) is 8.62. The minimum Gasteiger partial charge on any atom is -0.335 e. The maximum atomic E-state index is 13.7. The Morgan fingerprint density at radius 2 is 1.90 bits per heavy atom. The molecule has 1 aromatic heterocycles. The molecule has 154 valence electrons. The maximum Gasteiger partial charge on any atom is 0.319 e. The van der Waals surface area contributed by atoms with Gasteiger partial charge in [0.2, 0.25) is 0 Å². The number of urea groups is 1. The third-order valence-electron chi connectivity index (χ3n) is 4.71. The summed E-state index contributed by atoms with van der Waals surface area (Å²) in [5, 5.41) is 8.84. The van der Waals surface area contributed by atoms with Crippen LogP contribution in [0.2, 0.25) is 0 Å². The van der Waals surface area contributed by atoms with Gasteiger partial charge in [-0.1, -0.05) is 12.1 Å². The fourth-order valence-corrected chi connectivity index (χ4v) is 3.69. The summed E-state index contributed by atoms with van der Waals surface area (Å²) in [7, 11) is 0. The van der Waals surface area contributed by atoms with E-state index in [2.05, 4.69) is 20.9 Å². The molecule has 6 nitrogen and oxygen atoms in total. The molecule has 4 rings (SSSR count). The van der Waals surface area contributed by atoms with E-state index < -0.39 is 0 Å². The Kier molecular flexibility index (Phi) is 5.76. The van der Waals surface area contributed by atoms with Crippen LogP contribution in [-0.4, -0.2) is 23.0 Å². The molecule has 1 aliphatic rings. The summed E-state index contributed by atoms with van der Waals surface area (Å²) >= 11 is 1.35. The summed E-state index contributed by atoms with van der Waals surface area (Å²) in [6.45, 7) is 1.73. The normalized spacial score (nSPS) is 13.0. The Balaban J connectivity index is 1.33. The fraction of sp³-hybridized carbons (Fsp3) is 0.227. The van der Waals surface area contributed by atoms with Crippen molar-refractivity contribution in [3.8, 4) is 0 Å². The maximum absolute atomic E-state index is 13.7. The van der Waals surface area contributed by atoms with Gasteiger partial charge in [-0.15, -0.1) is 11.3 Å². The van der Waals surface area contributed by atoms with Crippen molar-refractivity contribution in [1.29, 1.82) is 0 Å². The number of amides is 3. The number of thiazole rings is 1. The molecule has 3 amide bonds. The lowest BCUT2D eigenvalue weighted by atomic mass is 10.1. The van der Waals surface area contributed by atoms with Crippen molar-refractivity contribution >= 4 is 34.1 Å². The number of carbonyl (C=O) groups is 2. The highest BCUT2D eigenvalue weighted by Gasteiger charge is 2.23. The first-order valence-corrected chi connectivity index (χ1v) is 10.5. The molecule has 3 N–H and O–H groups in total. The molecule has 0 spiro atoms. The summed E-state index contributed by atoms with van der Waals surface area (Å²) in [6, 6.07) is 11.9. The number of nitrogens with zero attached hydrogens (tertiary/aromatic N) is 1. The summed E-state index contributed by atoms with van der Waals surface area (Å²) in [6.07, 6.45) is 4.28. The number of nitrogens with one attached hydrogen (secondary N) is 3. The molecule has 1 aliphatic carbocycles. The van der Waals surface area contributed by atoms with Crippen LogP contribution in [0.15, 0.2) is 48.7 Å². The molecule has 0 bridgehead atoms. The van der Waals surface area contributed by atoms with E-state index in [4.69, 9.17) is 0 Å². The highest BCUT2D eigenvalue weighted by Crippen LogP contribution is 2.23. The Morgan fingerprint density at radius 1 is 1.13 bits per heavy atom. The predicted octanol–water partition coefficient (Wildman–Crippen LogP) is 4.72. The van der Waals surface area contributed by atoms with Crippen LogP contribution in [0.25, 0.3) is 0 Å². The highest BCUT2D eigenvalue weighted by molar-refractivity contribution is 7.15. The van der Waals surface area contributed by atoms with Gasteiger partial charge < -0.3 is 10.6 Å². The van der Waals surface area contributed by atoms with Gasteiger partial charge in [0.25, 0.3) is 5.91 Å². The smallest absolute Gasteiger partial charge is 0.319 e. The lowest BCUT2D eigenvalue weighted by Gasteiger charge is -2.07. The van der Waals surface area contributed by atoms with Crippen molar-refractivity contribution in [3.05, 3.63) is 76.0 Å². The topological polar surface area (TPSA) is 83.1 Å². The fourth-order valence-electron chi connectivity index (χ4n) is 2.85. The van der Waals surface area contributed by atoms with Gasteiger partial charge in [-0.05, 0) is 61.2 Å². The van der Waals surface area contributed by atoms with E-state index in [0.29, 0.717) is 28.4 Å². The van der Waals surface area contributed by atoms with Crippen molar-refractivity contribution in [3.63, 3.8) is 0 Å². The molecule has 0 atom stereocenters. The molecule has 0 aliphatic heterocycles. The third-order valence-corrected chi connectivity index (χ3v) is 5.62. The quantitative estimate of drug-likeness (QED) is 0.536. The van der Waals surface area contributed by atoms with Crippen LogP contribution in [0.1, 0.15) is 39.2 Å². The average molecular weight is 425 g/mol. The van der Waals surface area contributed by atoms with Gasteiger partial charge in [0.05, 0.1) is 0 Å². The molecule has 8 heteroatoms. The molecule has 0 unspecified atom stereocenters. The van der Waals surface area contributed by atoms with Crippen LogP contribution in [0.4, 0.5) is 20.0 Å². The van der Waals surface area contributed by atoms with Crippen molar-refractivity contribution in [2.24, 2.45) is 0 Å². The lowest BCUT2D eigenvalue weighted by molar-refractivity contribution is 0.102. The number of aryl methyl sites for hydroxylation is 1. The number of anilines is 2. The Hall–Kier alpha value is -3.26. The zero-order valence-corrected chi connectivity index (χ0v) is 17.2. The van der Waals surface area contributed by atoms with Crippen LogP contribution in [0.3, 0.4) is 0 Å². The largest absolute Gasteiger partial charge is 0.335 e. The van der Waals surface area contributed by atoms with Crippen LogP contribution in [0, 0.1) is 12.7 Å². The van der Waals surface area contributed by atoms with Crippen molar-refractivity contribution < 1.29 is 14.0 Å². The first-order chi connectivity index (χ1) is 14.5. The van der Waals surface area contributed by atoms with Gasteiger partial charge >= 0.3 is 6.03 Å². The van der Waals surface area contributed by atoms with E-state index in [-0.39, 0.29) is 23.8 Å². The van der Waals surface area contributed by atoms with E-state index in [0.717, 1.165) is 23.3 Å². The number of carbonyl (C=O) groups excluding carboxylic acids is 2. The van der Waals surface area contributed by atoms with Crippen molar-refractivity contribution in [2.45, 2.75) is 32.2 Å². The summed E-state index contributed by atoms with van der Waals surface area (Å²) in [4.78, 5) is 29.4. The van der Waals surface area contributed by atoms with Gasteiger partial charge in [0.15, 0.2) is 5.13 Å². The SMILES string of the molecule is Cc1ccc(Cc2cnc(NC(=O)c3ccc(NC(=O)NC4CC4)cc3)s2)cc1F. The van der Waals surface area contributed by atoms with Crippen LogP contribution < -0.4 is 16.0 Å². The first-order valence-electron chi connectivity index (χ1n) is 9.65. The zero-order chi connectivity index (χ0) is 21.1. The summed E-state index contributed by atoms with van der Waals surface area (Å²) in [5.41, 5.74) is 2.54. The number of hydrogen-bond acceptors (Lipinski definition) is 4.